The molecule has 0 saturated carbocycles. The van der Waals surface area contributed by atoms with Gasteiger partial charge in [-0.3, -0.25) is 14.5 Å². The maximum Gasteiger partial charge on any atom is 0.261 e. The van der Waals surface area contributed by atoms with Crippen molar-refractivity contribution in [3.8, 4) is 0 Å². The van der Waals surface area contributed by atoms with Gasteiger partial charge in [-0.1, -0.05) is 6.07 Å². The minimum Gasteiger partial charge on any atom is -0.356 e. The zero-order valence-corrected chi connectivity index (χ0v) is 19.3. The van der Waals surface area contributed by atoms with Crippen LogP contribution in [0.2, 0.25) is 0 Å². The van der Waals surface area contributed by atoms with E-state index >= 15 is 0 Å². The smallest absolute Gasteiger partial charge is 0.261 e. The van der Waals surface area contributed by atoms with Crippen LogP contribution in [-0.4, -0.2) is 48.3 Å². The molecule has 9 heteroatoms. The third kappa shape index (κ3) is 8.29. The van der Waals surface area contributed by atoms with E-state index in [1.54, 1.807) is 7.05 Å². The van der Waals surface area contributed by atoms with E-state index in [4.69, 9.17) is 0 Å². The van der Waals surface area contributed by atoms with Crippen LogP contribution in [0.3, 0.4) is 0 Å². The van der Waals surface area contributed by atoms with Crippen LogP contribution in [0.4, 0.5) is 0 Å². The van der Waals surface area contributed by atoms with Crippen LogP contribution < -0.4 is 16.0 Å². The number of carbonyl (C=O) groups is 1. The number of hydrogen-bond acceptors (Lipinski definition) is 4. The van der Waals surface area contributed by atoms with Crippen molar-refractivity contribution in [3.63, 3.8) is 0 Å². The molecule has 2 aromatic heterocycles. The lowest BCUT2D eigenvalue weighted by Crippen LogP contribution is -2.39. The molecule has 150 valence electrons. The number of guanidine groups is 1. The Kier molecular flexibility index (Phi) is 11.0. The summed E-state index contributed by atoms with van der Waals surface area (Å²) in [6, 6.07) is 5.80. The first kappa shape index (κ1) is 23.4. The highest BCUT2D eigenvalue weighted by molar-refractivity contribution is 14.0. The van der Waals surface area contributed by atoms with Gasteiger partial charge >= 0.3 is 0 Å². The number of aromatic nitrogens is 2. The van der Waals surface area contributed by atoms with Crippen molar-refractivity contribution in [1.82, 2.24) is 25.7 Å². The minimum absolute atomic E-state index is 0. The maximum atomic E-state index is 11.8. The van der Waals surface area contributed by atoms with Crippen molar-refractivity contribution in [3.05, 3.63) is 39.8 Å². The largest absolute Gasteiger partial charge is 0.356 e. The summed E-state index contributed by atoms with van der Waals surface area (Å²) in [7, 11) is 1.76. The standard InChI is InChI=1S/C18H28N6OS.HI/c1-14-13-15(2)24(23-14)11-6-10-22-18(19-3)21-9-5-8-20-17(25)16-7-4-12-26-16;/h4,7,12-13H,5-6,8-11H2,1-3H3,(H,20,25)(H2,19,21,22);1H. The van der Waals surface area contributed by atoms with Crippen LogP contribution in [-0.2, 0) is 6.54 Å². The summed E-state index contributed by atoms with van der Waals surface area (Å²) in [4.78, 5) is 16.8. The zero-order chi connectivity index (χ0) is 18.8. The third-order valence-corrected chi connectivity index (χ3v) is 4.71. The number of hydrogen-bond donors (Lipinski definition) is 3. The highest BCUT2D eigenvalue weighted by atomic mass is 127. The van der Waals surface area contributed by atoms with Crippen LogP contribution in [0.5, 0.6) is 0 Å². The van der Waals surface area contributed by atoms with Crippen molar-refractivity contribution < 1.29 is 4.79 Å². The number of thiophene rings is 1. The van der Waals surface area contributed by atoms with Gasteiger partial charge in [0.05, 0.1) is 10.6 Å². The van der Waals surface area contributed by atoms with Gasteiger partial charge in [-0.25, -0.2) is 0 Å². The molecule has 2 rings (SSSR count). The molecule has 0 aliphatic rings. The van der Waals surface area contributed by atoms with E-state index in [9.17, 15) is 4.79 Å². The molecule has 0 fully saturated rings. The minimum atomic E-state index is -0.00772. The van der Waals surface area contributed by atoms with E-state index in [1.807, 2.05) is 29.1 Å². The molecule has 3 N–H and O–H groups in total. The van der Waals surface area contributed by atoms with Gasteiger partial charge in [0.1, 0.15) is 0 Å². The second-order valence-electron chi connectivity index (χ2n) is 6.02. The molecule has 2 aromatic rings. The Morgan fingerprint density at radius 2 is 1.89 bits per heavy atom. The Hall–Kier alpha value is -1.62. The summed E-state index contributed by atoms with van der Waals surface area (Å²) in [5, 5.41) is 15.8. The lowest BCUT2D eigenvalue weighted by Gasteiger charge is -2.12. The normalized spacial score (nSPS) is 11.0. The fourth-order valence-electron chi connectivity index (χ4n) is 2.55. The molecule has 0 aliphatic carbocycles. The highest BCUT2D eigenvalue weighted by Gasteiger charge is 2.05. The van der Waals surface area contributed by atoms with Crippen molar-refractivity contribution in [1.29, 1.82) is 0 Å². The second-order valence-corrected chi connectivity index (χ2v) is 6.96. The molecule has 0 aromatic carbocycles. The first-order chi connectivity index (χ1) is 12.6. The van der Waals surface area contributed by atoms with Gasteiger partial charge in [0.2, 0.25) is 0 Å². The van der Waals surface area contributed by atoms with Crippen LogP contribution in [0.1, 0.15) is 33.9 Å². The predicted octanol–water partition coefficient (Wildman–Crippen LogP) is 2.55. The molecule has 0 saturated heterocycles. The number of nitrogens with zero attached hydrogens (tertiary/aromatic N) is 3. The van der Waals surface area contributed by atoms with Crippen LogP contribution in [0.15, 0.2) is 28.6 Å². The molecule has 27 heavy (non-hydrogen) atoms. The number of aryl methyl sites for hydroxylation is 3. The van der Waals surface area contributed by atoms with Gasteiger partial charge in [0, 0.05) is 38.9 Å². The molecule has 1 amide bonds. The lowest BCUT2D eigenvalue weighted by molar-refractivity contribution is 0.0957. The second kappa shape index (κ2) is 12.7. The lowest BCUT2D eigenvalue weighted by atomic mass is 10.3. The van der Waals surface area contributed by atoms with E-state index < -0.39 is 0 Å². The van der Waals surface area contributed by atoms with E-state index in [1.165, 1.54) is 17.0 Å². The summed E-state index contributed by atoms with van der Waals surface area (Å²) in [6.07, 6.45) is 1.81. The van der Waals surface area contributed by atoms with Gasteiger partial charge in [-0.2, -0.15) is 5.10 Å². The molecule has 0 aliphatic heterocycles. The summed E-state index contributed by atoms with van der Waals surface area (Å²) < 4.78 is 2.03. The topological polar surface area (TPSA) is 83.3 Å². The molecular formula is C18H29IN6OS. The van der Waals surface area contributed by atoms with Crippen LogP contribution >= 0.6 is 35.3 Å². The maximum absolute atomic E-state index is 11.8. The predicted molar refractivity (Wildman–Crippen MR) is 122 cm³/mol. The Bertz CT molecular complexity index is 714. The first-order valence-electron chi connectivity index (χ1n) is 8.87. The number of rotatable bonds is 9. The number of carbonyl (C=O) groups excluding carboxylic acids is 1. The summed E-state index contributed by atoms with van der Waals surface area (Å²) >= 11 is 1.45. The van der Waals surface area contributed by atoms with Gasteiger partial charge in [-0.05, 0) is 44.2 Å². The Balaban J connectivity index is 0.00000364. The Morgan fingerprint density at radius 3 is 2.48 bits per heavy atom. The van der Waals surface area contributed by atoms with Crippen molar-refractivity contribution in [2.45, 2.75) is 33.2 Å². The Labute approximate surface area is 182 Å². The fraction of sp³-hybridized carbons (Fsp3) is 0.500. The molecule has 0 atom stereocenters. The van der Waals surface area contributed by atoms with E-state index in [0.717, 1.165) is 49.0 Å². The molecule has 2 heterocycles. The average Bonchev–Trinajstić information content (AvgIpc) is 3.26. The van der Waals surface area contributed by atoms with Gasteiger partial charge in [-0.15, -0.1) is 35.3 Å². The van der Waals surface area contributed by atoms with E-state index in [0.29, 0.717) is 6.54 Å². The van der Waals surface area contributed by atoms with Gasteiger partial charge in [0.25, 0.3) is 5.91 Å². The number of amides is 1. The Morgan fingerprint density at radius 1 is 1.19 bits per heavy atom. The number of halogens is 1. The molecule has 0 spiro atoms. The van der Waals surface area contributed by atoms with E-state index in [2.05, 4.69) is 39.0 Å². The number of aliphatic imine (C=N–C) groups is 1. The summed E-state index contributed by atoms with van der Waals surface area (Å²) in [5.41, 5.74) is 2.24. The van der Waals surface area contributed by atoms with E-state index in [-0.39, 0.29) is 29.9 Å². The molecular weight excluding hydrogens is 475 g/mol. The SMILES string of the molecule is CN=C(NCCCNC(=O)c1cccs1)NCCCn1nc(C)cc1C.I. The average molecular weight is 504 g/mol. The molecule has 0 unspecified atom stereocenters. The summed E-state index contributed by atoms with van der Waals surface area (Å²) in [5.74, 6) is 0.773. The zero-order valence-electron chi connectivity index (χ0n) is 16.1. The fourth-order valence-corrected chi connectivity index (χ4v) is 3.19. The van der Waals surface area contributed by atoms with Gasteiger partial charge < -0.3 is 16.0 Å². The molecule has 0 bridgehead atoms. The third-order valence-electron chi connectivity index (χ3n) is 3.84. The van der Waals surface area contributed by atoms with Crippen LogP contribution in [0.25, 0.3) is 0 Å². The molecule has 0 radical (unpaired) electrons. The van der Waals surface area contributed by atoms with Crippen LogP contribution in [0, 0.1) is 13.8 Å². The number of nitrogens with one attached hydrogen (secondary N) is 3. The van der Waals surface area contributed by atoms with Crippen molar-refractivity contribution in [2.75, 3.05) is 26.7 Å². The quantitative estimate of drug-likeness (QED) is 0.212. The summed E-state index contributed by atoms with van der Waals surface area (Å²) in [6.45, 7) is 7.19. The monoisotopic (exact) mass is 504 g/mol. The first-order valence-corrected chi connectivity index (χ1v) is 9.75. The van der Waals surface area contributed by atoms with Gasteiger partial charge in [0.15, 0.2) is 5.96 Å². The van der Waals surface area contributed by atoms with Crippen molar-refractivity contribution in [2.24, 2.45) is 4.99 Å². The molecule has 7 nitrogen and oxygen atoms in total. The highest BCUT2D eigenvalue weighted by Crippen LogP contribution is 2.07. The van der Waals surface area contributed by atoms with Crippen molar-refractivity contribution >= 4 is 47.2 Å².